The van der Waals surface area contributed by atoms with E-state index in [-0.39, 0.29) is 11.7 Å². The van der Waals surface area contributed by atoms with E-state index >= 15 is 0 Å². The standard InChI is InChI=1S/C18H27NO4/c1-4-21-15-8-7-14(16(20)13-9-11-19-12-10-13)17(22-5-2)18(15)23-6-3/h7-8,13,19H,4-6,9-12H2,1-3H3. The lowest BCUT2D eigenvalue weighted by atomic mass is 9.89. The molecule has 0 atom stereocenters. The summed E-state index contributed by atoms with van der Waals surface area (Å²) in [6.07, 6.45) is 1.73. The maximum Gasteiger partial charge on any atom is 0.204 e. The van der Waals surface area contributed by atoms with E-state index in [0.717, 1.165) is 25.9 Å². The molecule has 1 heterocycles. The minimum atomic E-state index is 0.0443. The Morgan fingerprint density at radius 2 is 1.61 bits per heavy atom. The van der Waals surface area contributed by atoms with Crippen molar-refractivity contribution in [2.45, 2.75) is 33.6 Å². The van der Waals surface area contributed by atoms with E-state index in [4.69, 9.17) is 14.2 Å². The lowest BCUT2D eigenvalue weighted by molar-refractivity contribution is 0.0890. The van der Waals surface area contributed by atoms with Crippen molar-refractivity contribution in [3.8, 4) is 17.2 Å². The first-order chi connectivity index (χ1) is 11.2. The van der Waals surface area contributed by atoms with E-state index < -0.39 is 0 Å². The zero-order valence-corrected chi connectivity index (χ0v) is 14.3. The Morgan fingerprint density at radius 1 is 1.00 bits per heavy atom. The van der Waals surface area contributed by atoms with Gasteiger partial charge in [0.25, 0.3) is 0 Å². The van der Waals surface area contributed by atoms with Crippen LogP contribution in [0.3, 0.4) is 0 Å². The van der Waals surface area contributed by atoms with Crippen LogP contribution in [0.5, 0.6) is 17.2 Å². The number of ether oxygens (including phenoxy) is 3. The second kappa shape index (κ2) is 8.77. The quantitative estimate of drug-likeness (QED) is 0.746. The first-order valence-corrected chi connectivity index (χ1v) is 8.53. The Kier molecular flexibility index (Phi) is 6.71. The van der Waals surface area contributed by atoms with Crippen molar-refractivity contribution in [2.24, 2.45) is 5.92 Å². The lowest BCUT2D eigenvalue weighted by Gasteiger charge is -2.23. The Morgan fingerprint density at radius 3 is 2.22 bits per heavy atom. The minimum Gasteiger partial charge on any atom is -0.490 e. The molecule has 5 heteroatoms. The van der Waals surface area contributed by atoms with E-state index in [2.05, 4.69) is 5.32 Å². The van der Waals surface area contributed by atoms with Crippen LogP contribution in [0.1, 0.15) is 44.0 Å². The molecule has 1 aromatic rings. The maximum atomic E-state index is 12.9. The number of hydrogen-bond acceptors (Lipinski definition) is 5. The summed E-state index contributed by atoms with van der Waals surface area (Å²) in [6.45, 7) is 9.00. The highest BCUT2D eigenvalue weighted by atomic mass is 16.5. The molecule has 1 fully saturated rings. The largest absolute Gasteiger partial charge is 0.490 e. The maximum absolute atomic E-state index is 12.9. The van der Waals surface area contributed by atoms with E-state index in [1.807, 2.05) is 32.9 Å². The van der Waals surface area contributed by atoms with Gasteiger partial charge in [-0.15, -0.1) is 0 Å². The molecule has 0 amide bonds. The first-order valence-electron chi connectivity index (χ1n) is 8.53. The zero-order chi connectivity index (χ0) is 16.7. The monoisotopic (exact) mass is 321 g/mol. The number of ketones is 1. The Balaban J connectivity index is 2.40. The van der Waals surface area contributed by atoms with E-state index in [0.29, 0.717) is 42.6 Å². The normalized spacial score (nSPS) is 15.3. The smallest absolute Gasteiger partial charge is 0.204 e. The van der Waals surface area contributed by atoms with Gasteiger partial charge in [-0.25, -0.2) is 0 Å². The molecular formula is C18H27NO4. The highest BCUT2D eigenvalue weighted by Crippen LogP contribution is 2.41. The lowest BCUT2D eigenvalue weighted by Crippen LogP contribution is -2.32. The minimum absolute atomic E-state index is 0.0443. The van der Waals surface area contributed by atoms with Gasteiger partial charge in [-0.3, -0.25) is 4.79 Å². The van der Waals surface area contributed by atoms with Crippen molar-refractivity contribution in [2.75, 3.05) is 32.9 Å². The molecule has 0 unspecified atom stereocenters. The van der Waals surface area contributed by atoms with Gasteiger partial charge in [0.05, 0.1) is 25.4 Å². The summed E-state index contributed by atoms with van der Waals surface area (Å²) in [4.78, 5) is 12.9. The van der Waals surface area contributed by atoms with Crippen LogP contribution in [0.25, 0.3) is 0 Å². The fourth-order valence-corrected chi connectivity index (χ4v) is 2.88. The topological polar surface area (TPSA) is 56.8 Å². The van der Waals surface area contributed by atoms with Crippen LogP contribution in [0.2, 0.25) is 0 Å². The number of rotatable bonds is 8. The summed E-state index contributed by atoms with van der Waals surface area (Å²) in [5.41, 5.74) is 0.602. The van der Waals surface area contributed by atoms with Gasteiger partial charge in [0.15, 0.2) is 17.3 Å². The Hall–Kier alpha value is -1.75. The molecule has 0 aliphatic carbocycles. The van der Waals surface area contributed by atoms with Crippen molar-refractivity contribution in [1.82, 2.24) is 5.32 Å². The highest BCUT2D eigenvalue weighted by molar-refractivity contribution is 6.01. The SMILES string of the molecule is CCOc1ccc(C(=O)C2CCNCC2)c(OCC)c1OCC. The predicted octanol–water partition coefficient (Wildman–Crippen LogP) is 3.07. The van der Waals surface area contributed by atoms with Gasteiger partial charge in [0.1, 0.15) is 0 Å². The van der Waals surface area contributed by atoms with Crippen molar-refractivity contribution >= 4 is 5.78 Å². The molecule has 1 aliphatic rings. The zero-order valence-electron chi connectivity index (χ0n) is 14.3. The summed E-state index contributed by atoms with van der Waals surface area (Å²) < 4.78 is 17.1. The van der Waals surface area contributed by atoms with Gasteiger partial charge in [-0.2, -0.15) is 0 Å². The predicted molar refractivity (Wildman–Crippen MR) is 89.9 cm³/mol. The van der Waals surface area contributed by atoms with Crippen LogP contribution in [0, 0.1) is 5.92 Å². The third-order valence-corrected chi connectivity index (χ3v) is 3.93. The second-order valence-electron chi connectivity index (χ2n) is 5.46. The van der Waals surface area contributed by atoms with Crippen molar-refractivity contribution in [3.05, 3.63) is 17.7 Å². The van der Waals surface area contributed by atoms with Crippen molar-refractivity contribution in [3.63, 3.8) is 0 Å². The summed E-state index contributed by atoms with van der Waals surface area (Å²) >= 11 is 0. The number of Topliss-reactive ketones (excluding diaryl/α,β-unsaturated/α-hetero) is 1. The summed E-state index contributed by atoms with van der Waals surface area (Å²) in [6, 6.07) is 3.62. The molecule has 0 saturated carbocycles. The van der Waals surface area contributed by atoms with E-state index in [1.54, 1.807) is 0 Å². The molecule has 1 aliphatic heterocycles. The first kappa shape index (κ1) is 17.6. The third kappa shape index (κ3) is 4.16. The Bertz CT molecular complexity index is 524. The Labute approximate surface area is 138 Å². The number of hydrogen-bond donors (Lipinski definition) is 1. The summed E-state index contributed by atoms with van der Waals surface area (Å²) in [5.74, 6) is 1.86. The molecule has 0 spiro atoms. The number of carbonyl (C=O) groups is 1. The molecule has 1 N–H and O–H groups in total. The molecule has 0 radical (unpaired) electrons. The molecule has 2 rings (SSSR count). The van der Waals surface area contributed by atoms with Crippen LogP contribution in [0.15, 0.2) is 12.1 Å². The summed E-state index contributed by atoms with van der Waals surface area (Å²) in [5, 5.41) is 3.29. The van der Waals surface area contributed by atoms with Gasteiger partial charge in [-0.05, 0) is 58.8 Å². The molecule has 0 aromatic heterocycles. The number of nitrogens with one attached hydrogen (secondary N) is 1. The molecule has 128 valence electrons. The molecule has 23 heavy (non-hydrogen) atoms. The van der Waals surface area contributed by atoms with Crippen LogP contribution in [-0.4, -0.2) is 38.7 Å². The fraction of sp³-hybridized carbons (Fsp3) is 0.611. The molecule has 1 aromatic carbocycles. The second-order valence-corrected chi connectivity index (χ2v) is 5.46. The van der Waals surface area contributed by atoms with Crippen LogP contribution < -0.4 is 19.5 Å². The van der Waals surface area contributed by atoms with Gasteiger partial charge in [-0.1, -0.05) is 0 Å². The van der Waals surface area contributed by atoms with E-state index in [9.17, 15) is 4.79 Å². The van der Waals surface area contributed by atoms with Gasteiger partial charge < -0.3 is 19.5 Å². The van der Waals surface area contributed by atoms with Crippen molar-refractivity contribution < 1.29 is 19.0 Å². The molecular weight excluding hydrogens is 294 g/mol. The van der Waals surface area contributed by atoms with E-state index in [1.165, 1.54) is 0 Å². The molecule has 5 nitrogen and oxygen atoms in total. The highest BCUT2D eigenvalue weighted by Gasteiger charge is 2.28. The number of carbonyl (C=O) groups excluding carboxylic acids is 1. The van der Waals surface area contributed by atoms with Crippen LogP contribution in [0.4, 0.5) is 0 Å². The van der Waals surface area contributed by atoms with Crippen LogP contribution in [-0.2, 0) is 0 Å². The summed E-state index contributed by atoms with van der Waals surface area (Å²) in [7, 11) is 0. The molecule has 1 saturated heterocycles. The van der Waals surface area contributed by atoms with Gasteiger partial charge >= 0.3 is 0 Å². The fourth-order valence-electron chi connectivity index (χ4n) is 2.88. The van der Waals surface area contributed by atoms with Crippen LogP contribution >= 0.6 is 0 Å². The number of benzene rings is 1. The average molecular weight is 321 g/mol. The number of piperidine rings is 1. The molecule has 0 bridgehead atoms. The van der Waals surface area contributed by atoms with Gasteiger partial charge in [0, 0.05) is 5.92 Å². The average Bonchev–Trinajstić information content (AvgIpc) is 2.58. The third-order valence-electron chi connectivity index (χ3n) is 3.93. The van der Waals surface area contributed by atoms with Crippen molar-refractivity contribution in [1.29, 1.82) is 0 Å². The van der Waals surface area contributed by atoms with Gasteiger partial charge in [0.2, 0.25) is 5.75 Å².